The number of urea groups is 1. The molecule has 9 heteroatoms. The number of alkyl halides is 2. The Bertz CT molecular complexity index is 1420. The molecule has 184 valence electrons. The molecule has 2 aliphatic rings. The van der Waals surface area contributed by atoms with Crippen LogP contribution in [0.15, 0.2) is 60.8 Å². The number of benzene rings is 2. The number of nitrogens with zero attached hydrogens (tertiary/aromatic N) is 4. The number of carbonyl (C=O) groups is 1. The Morgan fingerprint density at radius 1 is 1.11 bits per heavy atom. The van der Waals surface area contributed by atoms with Crippen molar-refractivity contribution in [1.82, 2.24) is 25.0 Å². The first-order valence-corrected chi connectivity index (χ1v) is 12.0. The number of likely N-dealkylation sites (tertiary alicyclic amines) is 1. The standard InChI is InChI=1S/C27H26F2N6O/c1-16-9-18(7-8-30-16)26-20-10-19-12-35(27(36)31-22(19)11-23(20)32-33-26)24-14-34(15-25(28)29)13-21(24)17-5-3-2-4-6-17/h2-11,21,24-25H,12-15H2,1H3,(H,31,36)(H,32,33). The number of aryl methyl sites for hydroxylation is 1. The third kappa shape index (κ3) is 4.09. The minimum atomic E-state index is -2.42. The van der Waals surface area contributed by atoms with E-state index in [0.29, 0.717) is 19.6 Å². The van der Waals surface area contributed by atoms with Crippen LogP contribution in [-0.2, 0) is 6.54 Å². The first-order valence-electron chi connectivity index (χ1n) is 12.0. The zero-order valence-electron chi connectivity index (χ0n) is 19.8. The Morgan fingerprint density at radius 2 is 1.94 bits per heavy atom. The maximum absolute atomic E-state index is 13.3. The maximum Gasteiger partial charge on any atom is 0.322 e. The van der Waals surface area contributed by atoms with Gasteiger partial charge in [-0.2, -0.15) is 5.10 Å². The molecule has 1 fully saturated rings. The minimum Gasteiger partial charge on any atom is -0.315 e. The third-order valence-electron chi connectivity index (χ3n) is 7.19. The monoisotopic (exact) mass is 488 g/mol. The third-order valence-corrected chi connectivity index (χ3v) is 7.19. The molecular formula is C27H26F2N6O. The summed E-state index contributed by atoms with van der Waals surface area (Å²) in [7, 11) is 0. The maximum atomic E-state index is 13.3. The highest BCUT2D eigenvalue weighted by Gasteiger charge is 2.41. The van der Waals surface area contributed by atoms with Gasteiger partial charge in [0.15, 0.2) is 0 Å². The number of amides is 2. The first kappa shape index (κ1) is 22.6. The molecule has 6 rings (SSSR count). The SMILES string of the molecule is Cc1cc(-c2n[nH]c3cc4c(cc23)CN(C2CN(CC(F)F)CC2c2ccccc2)C(=O)N4)ccn1. The molecule has 0 spiro atoms. The van der Waals surface area contributed by atoms with Crippen LogP contribution in [0.25, 0.3) is 22.2 Å². The molecular weight excluding hydrogens is 462 g/mol. The normalized spacial score (nSPS) is 20.2. The number of pyridine rings is 1. The van der Waals surface area contributed by atoms with Crippen LogP contribution in [-0.4, -0.2) is 63.1 Å². The molecule has 2 aromatic heterocycles. The summed E-state index contributed by atoms with van der Waals surface area (Å²) in [5.41, 5.74) is 6.29. The second-order valence-corrected chi connectivity index (χ2v) is 9.57. The van der Waals surface area contributed by atoms with Gasteiger partial charge < -0.3 is 10.2 Å². The molecule has 2 amide bonds. The number of hydrogen-bond acceptors (Lipinski definition) is 4. The number of hydrogen-bond donors (Lipinski definition) is 2. The fourth-order valence-corrected chi connectivity index (χ4v) is 5.53. The van der Waals surface area contributed by atoms with Gasteiger partial charge in [-0.05, 0) is 42.3 Å². The predicted molar refractivity (Wildman–Crippen MR) is 134 cm³/mol. The van der Waals surface area contributed by atoms with E-state index in [1.54, 1.807) is 16.0 Å². The van der Waals surface area contributed by atoms with Gasteiger partial charge in [0.25, 0.3) is 6.43 Å². The van der Waals surface area contributed by atoms with Crippen LogP contribution < -0.4 is 5.32 Å². The number of rotatable bonds is 5. The Kier molecular flexibility index (Phi) is 5.64. The second kappa shape index (κ2) is 8.98. The van der Waals surface area contributed by atoms with Gasteiger partial charge in [-0.1, -0.05) is 30.3 Å². The molecule has 36 heavy (non-hydrogen) atoms. The Morgan fingerprint density at radius 3 is 2.72 bits per heavy atom. The molecule has 4 aromatic rings. The van der Waals surface area contributed by atoms with Crippen LogP contribution in [0.5, 0.6) is 0 Å². The number of anilines is 1. The van der Waals surface area contributed by atoms with Crippen molar-refractivity contribution in [2.24, 2.45) is 0 Å². The minimum absolute atomic E-state index is 0.0507. The number of aromatic nitrogens is 3. The molecule has 2 aromatic carbocycles. The van der Waals surface area contributed by atoms with Crippen LogP contribution in [0.4, 0.5) is 19.3 Å². The van der Waals surface area contributed by atoms with Crippen molar-refractivity contribution in [2.45, 2.75) is 31.9 Å². The van der Waals surface area contributed by atoms with Crippen molar-refractivity contribution in [3.63, 3.8) is 0 Å². The van der Waals surface area contributed by atoms with E-state index in [-0.39, 0.29) is 24.5 Å². The molecule has 0 radical (unpaired) electrons. The van der Waals surface area contributed by atoms with Gasteiger partial charge in [-0.3, -0.25) is 15.0 Å². The van der Waals surface area contributed by atoms with Crippen molar-refractivity contribution in [3.05, 3.63) is 77.6 Å². The van der Waals surface area contributed by atoms with E-state index in [0.717, 1.165) is 44.7 Å². The lowest BCUT2D eigenvalue weighted by atomic mass is 9.92. The summed E-state index contributed by atoms with van der Waals surface area (Å²) in [6.07, 6.45) is -0.652. The van der Waals surface area contributed by atoms with Crippen molar-refractivity contribution < 1.29 is 13.6 Å². The molecule has 7 nitrogen and oxygen atoms in total. The van der Waals surface area contributed by atoms with E-state index in [1.807, 2.05) is 55.5 Å². The van der Waals surface area contributed by atoms with E-state index in [9.17, 15) is 13.6 Å². The summed E-state index contributed by atoms with van der Waals surface area (Å²) in [5, 5.41) is 11.6. The van der Waals surface area contributed by atoms with Gasteiger partial charge in [0.1, 0.15) is 5.69 Å². The smallest absolute Gasteiger partial charge is 0.315 e. The van der Waals surface area contributed by atoms with Crippen molar-refractivity contribution in [1.29, 1.82) is 0 Å². The number of H-pyrrole nitrogens is 1. The second-order valence-electron chi connectivity index (χ2n) is 9.57. The fourth-order valence-electron chi connectivity index (χ4n) is 5.53. The topological polar surface area (TPSA) is 77.2 Å². The number of nitrogens with one attached hydrogen (secondary N) is 2. The Labute approximate surface area is 207 Å². The molecule has 0 bridgehead atoms. The summed E-state index contributed by atoms with van der Waals surface area (Å²) in [6, 6.07) is 17.3. The van der Waals surface area contributed by atoms with Crippen molar-refractivity contribution >= 4 is 22.6 Å². The van der Waals surface area contributed by atoms with Crippen LogP contribution in [0.1, 0.15) is 22.7 Å². The highest BCUT2D eigenvalue weighted by atomic mass is 19.3. The number of fused-ring (bicyclic) bond motifs is 2. The molecule has 0 saturated carbocycles. The van der Waals surface area contributed by atoms with E-state index in [4.69, 9.17) is 0 Å². The number of halogens is 2. The lowest BCUT2D eigenvalue weighted by Crippen LogP contribution is -2.48. The molecule has 4 heterocycles. The van der Waals surface area contributed by atoms with Crippen molar-refractivity contribution in [2.75, 3.05) is 25.0 Å². The highest BCUT2D eigenvalue weighted by molar-refractivity contribution is 6.00. The molecule has 0 aliphatic carbocycles. The van der Waals surface area contributed by atoms with Crippen molar-refractivity contribution in [3.8, 4) is 11.3 Å². The zero-order valence-corrected chi connectivity index (χ0v) is 19.8. The summed E-state index contributed by atoms with van der Waals surface area (Å²) in [4.78, 5) is 21.1. The van der Waals surface area contributed by atoms with Crippen LogP contribution in [0.2, 0.25) is 0 Å². The fraction of sp³-hybridized carbons (Fsp3) is 0.296. The quantitative estimate of drug-likeness (QED) is 0.414. The lowest BCUT2D eigenvalue weighted by Gasteiger charge is -2.36. The zero-order chi connectivity index (χ0) is 24.8. The Balaban J connectivity index is 1.35. The van der Waals surface area contributed by atoms with Gasteiger partial charge >= 0.3 is 6.03 Å². The van der Waals surface area contributed by atoms with E-state index in [1.165, 1.54) is 0 Å². The van der Waals surface area contributed by atoms with Gasteiger partial charge in [0.05, 0.1) is 18.1 Å². The largest absolute Gasteiger partial charge is 0.322 e. The summed E-state index contributed by atoms with van der Waals surface area (Å²) >= 11 is 0. The number of aromatic amines is 1. The van der Waals surface area contributed by atoms with Gasteiger partial charge in [-0.25, -0.2) is 13.6 Å². The molecule has 2 aliphatic heterocycles. The summed E-state index contributed by atoms with van der Waals surface area (Å²) in [6.45, 7) is 2.93. The molecule has 2 atom stereocenters. The first-order chi connectivity index (χ1) is 17.5. The van der Waals surface area contributed by atoms with E-state index >= 15 is 0 Å². The van der Waals surface area contributed by atoms with Gasteiger partial charge in [-0.15, -0.1) is 0 Å². The van der Waals surface area contributed by atoms with Crippen LogP contribution >= 0.6 is 0 Å². The van der Waals surface area contributed by atoms with E-state index < -0.39 is 6.43 Å². The molecule has 2 unspecified atom stereocenters. The van der Waals surface area contributed by atoms with Crippen LogP contribution in [0, 0.1) is 6.92 Å². The summed E-state index contributed by atoms with van der Waals surface area (Å²) < 4.78 is 26.5. The predicted octanol–water partition coefficient (Wildman–Crippen LogP) is 5.01. The average Bonchev–Trinajstić information content (AvgIpc) is 3.46. The van der Waals surface area contributed by atoms with Gasteiger partial charge in [0, 0.05) is 54.1 Å². The Hall–Kier alpha value is -3.85. The lowest BCUT2D eigenvalue weighted by molar-refractivity contribution is 0.0954. The molecule has 2 N–H and O–H groups in total. The van der Waals surface area contributed by atoms with Crippen LogP contribution in [0.3, 0.4) is 0 Å². The number of carbonyl (C=O) groups excluding carboxylic acids is 1. The average molecular weight is 489 g/mol. The molecule has 1 saturated heterocycles. The van der Waals surface area contributed by atoms with E-state index in [2.05, 4.69) is 26.6 Å². The highest BCUT2D eigenvalue weighted by Crippen LogP contribution is 2.37. The van der Waals surface area contributed by atoms with Gasteiger partial charge in [0.2, 0.25) is 0 Å². The summed E-state index contributed by atoms with van der Waals surface area (Å²) in [5.74, 6) is -0.0507.